The zero-order valence-electron chi connectivity index (χ0n) is 15.6. The molecule has 0 aliphatic carbocycles. The summed E-state index contributed by atoms with van der Waals surface area (Å²) in [6.45, 7) is 0. The average molecular weight is 463 g/mol. The highest BCUT2D eigenvalue weighted by molar-refractivity contribution is 9.10. The van der Waals surface area contributed by atoms with Crippen LogP contribution in [0.25, 0.3) is 11.3 Å². The molecule has 3 aromatic carbocycles. The van der Waals surface area contributed by atoms with E-state index in [-0.39, 0.29) is 11.7 Å². The molecule has 0 unspecified atom stereocenters. The molecule has 1 amide bonds. The number of halogens is 2. The van der Waals surface area contributed by atoms with Gasteiger partial charge < -0.3 is 10.6 Å². The summed E-state index contributed by atoms with van der Waals surface area (Å²) < 4.78 is 14.4. The third kappa shape index (κ3) is 4.87. The fourth-order valence-electron chi connectivity index (χ4n) is 2.89. The van der Waals surface area contributed by atoms with E-state index in [1.165, 1.54) is 18.5 Å². The van der Waals surface area contributed by atoms with Crippen LogP contribution in [-0.2, 0) is 0 Å². The summed E-state index contributed by atoms with van der Waals surface area (Å²) in [4.78, 5) is 21.0. The van der Waals surface area contributed by atoms with Gasteiger partial charge in [-0.2, -0.15) is 0 Å². The first-order valence-electron chi connectivity index (χ1n) is 9.09. The Hall–Kier alpha value is -3.58. The molecule has 1 aromatic heterocycles. The molecule has 0 saturated carbocycles. The van der Waals surface area contributed by atoms with E-state index in [2.05, 4.69) is 36.5 Å². The van der Waals surface area contributed by atoms with Gasteiger partial charge in [0.25, 0.3) is 5.91 Å². The van der Waals surface area contributed by atoms with Crippen molar-refractivity contribution in [3.8, 4) is 11.3 Å². The van der Waals surface area contributed by atoms with Crippen molar-refractivity contribution in [1.82, 2.24) is 9.97 Å². The Balaban J connectivity index is 1.52. The SMILES string of the molecule is O=C(Nc1cccc(Br)c1)c1cccc(Nc2cc(-c3cccc(F)c3)ncn2)c1. The van der Waals surface area contributed by atoms with Crippen LogP contribution in [0.3, 0.4) is 0 Å². The lowest BCUT2D eigenvalue weighted by Crippen LogP contribution is -2.12. The van der Waals surface area contributed by atoms with Crippen LogP contribution in [0.2, 0.25) is 0 Å². The van der Waals surface area contributed by atoms with Crippen molar-refractivity contribution in [2.45, 2.75) is 0 Å². The maximum Gasteiger partial charge on any atom is 0.255 e. The number of rotatable bonds is 5. The molecule has 1 heterocycles. The minimum Gasteiger partial charge on any atom is -0.340 e. The molecule has 5 nitrogen and oxygen atoms in total. The number of hydrogen-bond donors (Lipinski definition) is 2. The van der Waals surface area contributed by atoms with Crippen molar-refractivity contribution < 1.29 is 9.18 Å². The molecule has 2 N–H and O–H groups in total. The molecule has 30 heavy (non-hydrogen) atoms. The molecule has 148 valence electrons. The number of amides is 1. The van der Waals surface area contributed by atoms with Crippen LogP contribution < -0.4 is 10.6 Å². The zero-order chi connectivity index (χ0) is 20.9. The summed E-state index contributed by atoms with van der Waals surface area (Å²) >= 11 is 3.39. The molecule has 7 heteroatoms. The zero-order valence-corrected chi connectivity index (χ0v) is 17.2. The number of carbonyl (C=O) groups excluding carboxylic acids is 1. The largest absolute Gasteiger partial charge is 0.340 e. The van der Waals surface area contributed by atoms with Crippen molar-refractivity contribution in [3.05, 3.63) is 101 Å². The van der Waals surface area contributed by atoms with Crippen molar-refractivity contribution in [2.24, 2.45) is 0 Å². The van der Waals surface area contributed by atoms with E-state index in [0.29, 0.717) is 34.0 Å². The topological polar surface area (TPSA) is 66.9 Å². The van der Waals surface area contributed by atoms with Crippen LogP contribution in [0.5, 0.6) is 0 Å². The molecule has 0 atom stereocenters. The van der Waals surface area contributed by atoms with Crippen LogP contribution in [0.4, 0.5) is 21.6 Å². The highest BCUT2D eigenvalue weighted by Gasteiger charge is 2.09. The standard InChI is InChI=1S/C23H16BrFN4O/c24-17-6-3-9-20(12-17)29-23(30)16-5-2-8-19(11-16)28-22-13-21(26-14-27-22)15-4-1-7-18(25)10-15/h1-14H,(H,29,30)(H,26,27,28). The predicted molar refractivity (Wildman–Crippen MR) is 119 cm³/mol. The normalized spacial score (nSPS) is 10.5. The molecular formula is C23H16BrFN4O. The van der Waals surface area contributed by atoms with Gasteiger partial charge in [0.2, 0.25) is 0 Å². The second-order valence-corrected chi connectivity index (χ2v) is 7.38. The lowest BCUT2D eigenvalue weighted by atomic mass is 10.1. The Labute approximate surface area is 181 Å². The third-order valence-corrected chi connectivity index (χ3v) is 4.76. The van der Waals surface area contributed by atoms with E-state index in [9.17, 15) is 9.18 Å². The second-order valence-electron chi connectivity index (χ2n) is 6.47. The van der Waals surface area contributed by atoms with E-state index >= 15 is 0 Å². The Kier molecular flexibility index (Phi) is 5.81. The third-order valence-electron chi connectivity index (χ3n) is 4.27. The highest BCUT2D eigenvalue weighted by Crippen LogP contribution is 2.23. The van der Waals surface area contributed by atoms with Gasteiger partial charge in [0.15, 0.2) is 0 Å². The van der Waals surface area contributed by atoms with Gasteiger partial charge in [-0.05, 0) is 48.5 Å². The smallest absolute Gasteiger partial charge is 0.255 e. The summed E-state index contributed by atoms with van der Waals surface area (Å²) in [5.41, 5.74) is 3.14. The lowest BCUT2D eigenvalue weighted by Gasteiger charge is -2.10. The molecule has 0 bridgehead atoms. The molecule has 0 aliphatic rings. The van der Waals surface area contributed by atoms with Crippen LogP contribution in [0.1, 0.15) is 10.4 Å². The quantitative estimate of drug-likeness (QED) is 0.379. The van der Waals surface area contributed by atoms with Gasteiger partial charge in [-0.3, -0.25) is 4.79 Å². The fraction of sp³-hybridized carbons (Fsp3) is 0. The number of hydrogen-bond acceptors (Lipinski definition) is 4. The molecule has 0 spiro atoms. The number of nitrogens with one attached hydrogen (secondary N) is 2. The summed E-state index contributed by atoms with van der Waals surface area (Å²) in [6.07, 6.45) is 1.41. The molecule has 4 aromatic rings. The van der Waals surface area contributed by atoms with Gasteiger partial charge >= 0.3 is 0 Å². The first kappa shape index (κ1) is 19.7. The van der Waals surface area contributed by atoms with Crippen molar-refractivity contribution >= 4 is 39.0 Å². The van der Waals surface area contributed by atoms with E-state index in [1.807, 2.05) is 30.3 Å². The van der Waals surface area contributed by atoms with E-state index in [0.717, 1.165) is 4.47 Å². The van der Waals surface area contributed by atoms with E-state index in [1.54, 1.807) is 36.4 Å². The minimum absolute atomic E-state index is 0.222. The fourth-order valence-corrected chi connectivity index (χ4v) is 3.29. The molecule has 0 fully saturated rings. The Morgan fingerprint density at radius 1 is 0.867 bits per heavy atom. The first-order valence-corrected chi connectivity index (χ1v) is 9.88. The van der Waals surface area contributed by atoms with Crippen LogP contribution in [0.15, 0.2) is 89.7 Å². The number of carbonyl (C=O) groups is 1. The molecule has 0 aliphatic heterocycles. The van der Waals surface area contributed by atoms with Crippen LogP contribution in [0, 0.1) is 5.82 Å². The Morgan fingerprint density at radius 3 is 2.50 bits per heavy atom. The molecular weight excluding hydrogens is 447 g/mol. The summed E-state index contributed by atoms with van der Waals surface area (Å²) in [5, 5.41) is 6.03. The second kappa shape index (κ2) is 8.84. The maximum absolute atomic E-state index is 13.5. The van der Waals surface area contributed by atoms with E-state index in [4.69, 9.17) is 0 Å². The summed E-state index contributed by atoms with van der Waals surface area (Å²) in [6, 6.07) is 22.4. The van der Waals surface area contributed by atoms with Gasteiger partial charge in [-0.1, -0.05) is 40.2 Å². The molecule has 4 rings (SSSR count). The highest BCUT2D eigenvalue weighted by atomic mass is 79.9. The van der Waals surface area contributed by atoms with Crippen molar-refractivity contribution in [2.75, 3.05) is 10.6 Å². The number of benzene rings is 3. The van der Waals surface area contributed by atoms with Gasteiger partial charge in [0, 0.05) is 33.0 Å². The summed E-state index contributed by atoms with van der Waals surface area (Å²) in [5.74, 6) is -0.0153. The van der Waals surface area contributed by atoms with Crippen LogP contribution >= 0.6 is 15.9 Å². The average Bonchev–Trinajstić information content (AvgIpc) is 2.74. The van der Waals surface area contributed by atoms with Gasteiger partial charge in [-0.25, -0.2) is 14.4 Å². The van der Waals surface area contributed by atoms with Gasteiger partial charge in [-0.15, -0.1) is 0 Å². The Bertz CT molecular complexity index is 1210. The van der Waals surface area contributed by atoms with Crippen molar-refractivity contribution in [1.29, 1.82) is 0 Å². The van der Waals surface area contributed by atoms with Crippen LogP contribution in [-0.4, -0.2) is 15.9 Å². The minimum atomic E-state index is -0.329. The Morgan fingerprint density at radius 2 is 1.67 bits per heavy atom. The monoisotopic (exact) mass is 462 g/mol. The molecule has 0 saturated heterocycles. The maximum atomic E-state index is 13.5. The lowest BCUT2D eigenvalue weighted by molar-refractivity contribution is 0.102. The summed E-state index contributed by atoms with van der Waals surface area (Å²) in [7, 11) is 0. The number of aromatic nitrogens is 2. The number of anilines is 3. The van der Waals surface area contributed by atoms with Gasteiger partial charge in [0.05, 0.1) is 5.69 Å². The van der Waals surface area contributed by atoms with Crippen molar-refractivity contribution in [3.63, 3.8) is 0 Å². The number of nitrogens with zero attached hydrogens (tertiary/aromatic N) is 2. The first-order chi connectivity index (χ1) is 14.6. The van der Waals surface area contributed by atoms with E-state index < -0.39 is 0 Å². The molecule has 0 radical (unpaired) electrons. The predicted octanol–water partition coefficient (Wildman–Crippen LogP) is 6.04. The van der Waals surface area contributed by atoms with Gasteiger partial charge in [0.1, 0.15) is 18.0 Å².